The summed E-state index contributed by atoms with van der Waals surface area (Å²) in [7, 11) is 0. The van der Waals surface area contributed by atoms with Crippen LogP contribution >= 0.6 is 11.3 Å². The quantitative estimate of drug-likeness (QED) is 0.604. The number of aryl methyl sites for hydroxylation is 1. The van der Waals surface area contributed by atoms with Gasteiger partial charge in [-0.15, -0.1) is 11.3 Å². The number of Topliss-reactive ketones (excluding diaryl/α,β-unsaturated/α-hetero) is 1. The first-order chi connectivity index (χ1) is 10.0. The van der Waals surface area contributed by atoms with Crippen molar-refractivity contribution in [3.63, 3.8) is 0 Å². The molecule has 0 fully saturated rings. The Morgan fingerprint density at radius 1 is 1.24 bits per heavy atom. The van der Waals surface area contributed by atoms with E-state index in [1.165, 1.54) is 0 Å². The Bertz CT molecular complexity index is 641. The van der Waals surface area contributed by atoms with E-state index in [2.05, 4.69) is 0 Å². The first kappa shape index (κ1) is 15.5. The molecule has 0 spiro atoms. The van der Waals surface area contributed by atoms with E-state index in [9.17, 15) is 9.59 Å². The predicted molar refractivity (Wildman–Crippen MR) is 83.3 cm³/mol. The number of nitrogens with zero attached hydrogens (tertiary/aromatic N) is 1. The molecular weight excluding hydrogens is 286 g/mol. The van der Waals surface area contributed by atoms with E-state index in [1.54, 1.807) is 18.3 Å². The molecule has 0 aromatic carbocycles. The van der Waals surface area contributed by atoms with E-state index in [4.69, 9.17) is 4.74 Å². The third-order valence-corrected chi connectivity index (χ3v) is 4.54. The third-order valence-electron chi connectivity index (χ3n) is 3.32. The van der Waals surface area contributed by atoms with Crippen molar-refractivity contribution in [2.45, 2.75) is 33.6 Å². The van der Waals surface area contributed by atoms with Gasteiger partial charge in [0.05, 0.1) is 12.2 Å². The maximum absolute atomic E-state index is 12.3. The highest BCUT2D eigenvalue weighted by Gasteiger charge is 2.21. The molecule has 0 radical (unpaired) electrons. The summed E-state index contributed by atoms with van der Waals surface area (Å²) in [5, 5.41) is 0.881. The molecule has 0 atom stereocenters. The molecule has 0 unspecified atom stereocenters. The monoisotopic (exact) mass is 305 g/mol. The smallest absolute Gasteiger partial charge is 0.341 e. The molecule has 4 nitrogen and oxygen atoms in total. The predicted octanol–water partition coefficient (Wildman–Crippen LogP) is 3.68. The topological polar surface area (TPSA) is 48.3 Å². The molecule has 21 heavy (non-hydrogen) atoms. The normalized spacial score (nSPS) is 10.6. The lowest BCUT2D eigenvalue weighted by molar-refractivity contribution is -0.117. The average molecular weight is 305 g/mol. The second-order valence-corrected chi connectivity index (χ2v) is 6.20. The molecule has 112 valence electrons. The highest BCUT2D eigenvalue weighted by atomic mass is 32.1. The summed E-state index contributed by atoms with van der Waals surface area (Å²) < 4.78 is 7.24. The van der Waals surface area contributed by atoms with Crippen LogP contribution in [0.2, 0.25) is 0 Å². The van der Waals surface area contributed by atoms with Gasteiger partial charge in [0.15, 0.2) is 0 Å². The Labute approximate surface area is 128 Å². The van der Waals surface area contributed by atoms with Crippen LogP contribution in [0.3, 0.4) is 0 Å². The molecule has 0 amide bonds. The van der Waals surface area contributed by atoms with Crippen LogP contribution < -0.4 is 0 Å². The molecule has 0 bridgehead atoms. The molecule has 2 heterocycles. The first-order valence-electron chi connectivity index (χ1n) is 6.90. The summed E-state index contributed by atoms with van der Waals surface area (Å²) in [5.74, 6) is -0.203. The standard InChI is InChI=1S/C16H19NO3S/c1-11(18)7-6-10-20-16(19)14-12(2)13(3)21-15(14)17-8-4-5-9-17/h4-5,8-9H,6-7,10H2,1-3H3. The second kappa shape index (κ2) is 6.72. The summed E-state index contributed by atoms with van der Waals surface area (Å²) in [4.78, 5) is 24.3. The number of ether oxygens (including phenoxy) is 1. The van der Waals surface area contributed by atoms with Crippen molar-refractivity contribution in [2.24, 2.45) is 0 Å². The van der Waals surface area contributed by atoms with Crippen molar-refractivity contribution in [3.05, 3.63) is 40.5 Å². The highest BCUT2D eigenvalue weighted by Crippen LogP contribution is 2.31. The summed E-state index contributed by atoms with van der Waals surface area (Å²) in [6.07, 6.45) is 4.84. The fourth-order valence-electron chi connectivity index (χ4n) is 2.06. The minimum atomic E-state index is -0.316. The number of carbonyl (C=O) groups excluding carboxylic acids is 2. The number of ketones is 1. The number of aromatic nitrogens is 1. The summed E-state index contributed by atoms with van der Waals surface area (Å²) in [5.41, 5.74) is 1.58. The van der Waals surface area contributed by atoms with E-state index >= 15 is 0 Å². The Balaban J connectivity index is 2.15. The molecule has 0 N–H and O–H groups in total. The van der Waals surface area contributed by atoms with Crippen molar-refractivity contribution in [3.8, 4) is 5.00 Å². The number of esters is 1. The van der Waals surface area contributed by atoms with Crippen LogP contribution in [0.4, 0.5) is 0 Å². The van der Waals surface area contributed by atoms with Crippen LogP contribution in [0.5, 0.6) is 0 Å². The zero-order valence-electron chi connectivity index (χ0n) is 12.5. The molecule has 0 saturated carbocycles. The van der Waals surface area contributed by atoms with Gasteiger partial charge in [-0.2, -0.15) is 0 Å². The number of hydrogen-bond acceptors (Lipinski definition) is 4. The van der Waals surface area contributed by atoms with Crippen LogP contribution in [-0.4, -0.2) is 22.9 Å². The van der Waals surface area contributed by atoms with Gasteiger partial charge in [-0.05, 0) is 44.9 Å². The maximum Gasteiger partial charge on any atom is 0.341 e. The van der Waals surface area contributed by atoms with Crippen LogP contribution in [0.1, 0.15) is 40.6 Å². The molecule has 0 aliphatic heterocycles. The van der Waals surface area contributed by atoms with Gasteiger partial charge in [-0.1, -0.05) is 0 Å². The first-order valence-corrected chi connectivity index (χ1v) is 7.72. The maximum atomic E-state index is 12.3. The Morgan fingerprint density at radius 2 is 1.90 bits per heavy atom. The fraction of sp³-hybridized carbons (Fsp3) is 0.375. The van der Waals surface area contributed by atoms with Crippen molar-refractivity contribution >= 4 is 23.1 Å². The number of hydrogen-bond donors (Lipinski definition) is 0. The third kappa shape index (κ3) is 3.61. The van der Waals surface area contributed by atoms with E-state index in [-0.39, 0.29) is 18.4 Å². The van der Waals surface area contributed by atoms with Crippen LogP contribution in [0.25, 0.3) is 5.00 Å². The summed E-state index contributed by atoms with van der Waals surface area (Å²) in [6, 6.07) is 3.85. The largest absolute Gasteiger partial charge is 0.462 e. The van der Waals surface area contributed by atoms with Gasteiger partial charge in [0.1, 0.15) is 10.8 Å². The average Bonchev–Trinajstić information content (AvgIpc) is 3.04. The van der Waals surface area contributed by atoms with E-state index in [1.807, 2.05) is 42.9 Å². The lowest BCUT2D eigenvalue weighted by Crippen LogP contribution is -2.10. The number of thiophene rings is 1. The number of rotatable bonds is 6. The van der Waals surface area contributed by atoms with Gasteiger partial charge in [-0.3, -0.25) is 0 Å². The van der Waals surface area contributed by atoms with E-state index in [0.29, 0.717) is 18.4 Å². The van der Waals surface area contributed by atoms with E-state index in [0.717, 1.165) is 15.4 Å². The summed E-state index contributed by atoms with van der Waals surface area (Å²) >= 11 is 1.58. The Hall–Kier alpha value is -1.88. The molecule has 2 rings (SSSR count). The van der Waals surface area contributed by atoms with Crippen molar-refractivity contribution in [1.29, 1.82) is 0 Å². The highest BCUT2D eigenvalue weighted by molar-refractivity contribution is 7.15. The summed E-state index contributed by atoms with van der Waals surface area (Å²) in [6.45, 7) is 5.75. The van der Waals surface area contributed by atoms with Gasteiger partial charge in [-0.25, -0.2) is 4.79 Å². The van der Waals surface area contributed by atoms with Gasteiger partial charge in [0.25, 0.3) is 0 Å². The van der Waals surface area contributed by atoms with Crippen LogP contribution in [-0.2, 0) is 9.53 Å². The van der Waals surface area contributed by atoms with Gasteiger partial charge in [0, 0.05) is 23.7 Å². The molecule has 5 heteroatoms. The van der Waals surface area contributed by atoms with E-state index < -0.39 is 0 Å². The molecular formula is C16H19NO3S. The Morgan fingerprint density at radius 3 is 2.52 bits per heavy atom. The Kier molecular flexibility index (Phi) is 4.96. The minimum absolute atomic E-state index is 0.113. The van der Waals surface area contributed by atoms with Crippen molar-refractivity contribution in [2.75, 3.05) is 6.61 Å². The molecule has 0 aliphatic carbocycles. The zero-order chi connectivity index (χ0) is 15.4. The number of carbonyl (C=O) groups is 2. The minimum Gasteiger partial charge on any atom is -0.462 e. The molecule has 2 aromatic rings. The SMILES string of the molecule is CC(=O)CCCOC(=O)c1c(-n2cccc2)sc(C)c1C. The second-order valence-electron chi connectivity index (χ2n) is 5.00. The van der Waals surface area contributed by atoms with Gasteiger partial charge in [0.2, 0.25) is 0 Å². The fourth-order valence-corrected chi connectivity index (χ4v) is 3.17. The molecule has 2 aromatic heterocycles. The van der Waals surface area contributed by atoms with Crippen LogP contribution in [0, 0.1) is 13.8 Å². The lowest BCUT2D eigenvalue weighted by Gasteiger charge is -2.07. The lowest BCUT2D eigenvalue weighted by atomic mass is 10.1. The zero-order valence-corrected chi connectivity index (χ0v) is 13.3. The molecule has 0 saturated heterocycles. The van der Waals surface area contributed by atoms with Crippen molar-refractivity contribution in [1.82, 2.24) is 4.57 Å². The van der Waals surface area contributed by atoms with Gasteiger partial charge < -0.3 is 14.1 Å². The van der Waals surface area contributed by atoms with Crippen molar-refractivity contribution < 1.29 is 14.3 Å². The van der Waals surface area contributed by atoms with Crippen LogP contribution in [0.15, 0.2) is 24.5 Å². The molecule has 0 aliphatic rings. The van der Waals surface area contributed by atoms with Gasteiger partial charge >= 0.3 is 5.97 Å².